The van der Waals surface area contributed by atoms with Gasteiger partial charge in [-0.05, 0) is 49.5 Å². The fourth-order valence-corrected chi connectivity index (χ4v) is 5.28. The summed E-state index contributed by atoms with van der Waals surface area (Å²) >= 11 is 0. The third kappa shape index (κ3) is 5.31. The molecule has 2 aromatic rings. The molecule has 1 atom stereocenters. The second-order valence-electron chi connectivity index (χ2n) is 9.88. The third-order valence-corrected chi connectivity index (χ3v) is 6.96. The lowest BCUT2D eigenvalue weighted by atomic mass is 9.74. The summed E-state index contributed by atoms with van der Waals surface area (Å²) in [5, 5.41) is 7.65. The molecule has 5 nitrogen and oxygen atoms in total. The van der Waals surface area contributed by atoms with Crippen LogP contribution in [0, 0.1) is 5.41 Å². The van der Waals surface area contributed by atoms with Gasteiger partial charge in [-0.3, -0.25) is 4.79 Å². The molecule has 4 rings (SSSR count). The first-order valence-electron chi connectivity index (χ1n) is 11.6. The zero-order valence-electron chi connectivity index (χ0n) is 18.5. The monoisotopic (exact) mass is 408 g/mol. The number of hydrogen-bond donors (Lipinski definition) is 1. The van der Waals surface area contributed by atoms with Crippen molar-refractivity contribution in [2.45, 2.75) is 77.3 Å². The normalized spacial score (nSPS) is 22.7. The summed E-state index contributed by atoms with van der Waals surface area (Å²) in [5.74, 6) is 0.896. The summed E-state index contributed by atoms with van der Waals surface area (Å²) in [6.07, 6.45) is 10.7. The van der Waals surface area contributed by atoms with Crippen molar-refractivity contribution in [3.8, 4) is 0 Å². The van der Waals surface area contributed by atoms with Crippen molar-refractivity contribution in [2.24, 2.45) is 5.41 Å². The van der Waals surface area contributed by atoms with Crippen LogP contribution in [0.1, 0.15) is 70.4 Å². The molecule has 1 amide bonds. The van der Waals surface area contributed by atoms with Crippen LogP contribution < -0.4 is 5.32 Å². The number of likely N-dealkylation sites (tertiary alicyclic amines) is 1. The number of hydrogen-bond acceptors (Lipinski definition) is 3. The Morgan fingerprint density at radius 1 is 1.10 bits per heavy atom. The van der Waals surface area contributed by atoms with E-state index < -0.39 is 0 Å². The van der Waals surface area contributed by atoms with Gasteiger partial charge < -0.3 is 10.2 Å². The number of anilines is 1. The molecule has 0 unspecified atom stereocenters. The highest BCUT2D eigenvalue weighted by Gasteiger charge is 2.33. The van der Waals surface area contributed by atoms with E-state index in [1.807, 2.05) is 35.1 Å². The number of carbonyl (C=O) groups is 1. The van der Waals surface area contributed by atoms with Gasteiger partial charge in [-0.1, -0.05) is 50.6 Å². The summed E-state index contributed by atoms with van der Waals surface area (Å²) in [6.45, 7) is 7.10. The molecule has 1 aliphatic carbocycles. The van der Waals surface area contributed by atoms with Crippen LogP contribution in [0.25, 0.3) is 0 Å². The maximum absolute atomic E-state index is 12.5. The number of aromatic nitrogens is 2. The van der Waals surface area contributed by atoms with Crippen LogP contribution in [0.15, 0.2) is 42.6 Å². The minimum absolute atomic E-state index is 0.0578. The van der Waals surface area contributed by atoms with Crippen molar-refractivity contribution in [1.29, 1.82) is 0 Å². The van der Waals surface area contributed by atoms with Crippen molar-refractivity contribution in [1.82, 2.24) is 14.7 Å². The van der Waals surface area contributed by atoms with Crippen molar-refractivity contribution in [3.05, 3.63) is 48.2 Å². The first-order chi connectivity index (χ1) is 14.5. The molecule has 1 saturated heterocycles. The van der Waals surface area contributed by atoms with Crippen LogP contribution in [0.2, 0.25) is 0 Å². The fraction of sp³-hybridized carbons (Fsp3) is 0.600. The summed E-state index contributed by atoms with van der Waals surface area (Å²) in [7, 11) is 0. The van der Waals surface area contributed by atoms with Crippen molar-refractivity contribution < 1.29 is 4.79 Å². The maximum atomic E-state index is 12.5. The first-order valence-corrected chi connectivity index (χ1v) is 11.6. The molecule has 1 aromatic carbocycles. The molecular formula is C25H36N4O. The lowest BCUT2D eigenvalue weighted by Crippen LogP contribution is -2.45. The van der Waals surface area contributed by atoms with Crippen molar-refractivity contribution in [3.63, 3.8) is 0 Å². The molecule has 1 saturated carbocycles. The second kappa shape index (κ2) is 9.34. The zero-order valence-corrected chi connectivity index (χ0v) is 18.5. The van der Waals surface area contributed by atoms with Gasteiger partial charge in [0.1, 0.15) is 5.82 Å². The van der Waals surface area contributed by atoms with Gasteiger partial charge in [-0.2, -0.15) is 5.10 Å². The van der Waals surface area contributed by atoms with Gasteiger partial charge in [-0.25, -0.2) is 4.68 Å². The van der Waals surface area contributed by atoms with E-state index in [9.17, 15) is 4.79 Å². The van der Waals surface area contributed by atoms with Gasteiger partial charge in [0.2, 0.25) is 5.91 Å². The quantitative estimate of drug-likeness (QED) is 0.727. The predicted molar refractivity (Wildman–Crippen MR) is 122 cm³/mol. The Morgan fingerprint density at radius 3 is 2.60 bits per heavy atom. The Kier molecular flexibility index (Phi) is 6.57. The van der Waals surface area contributed by atoms with Crippen LogP contribution in [-0.4, -0.2) is 39.7 Å². The number of benzene rings is 1. The van der Waals surface area contributed by atoms with Gasteiger partial charge in [0, 0.05) is 31.6 Å². The SMILES string of the molecule is CC1(C)CCC[C@H](N2CCC(n3nccc3NC(=O)CCc3ccccc3)CC2)C1. The summed E-state index contributed by atoms with van der Waals surface area (Å²) in [5.41, 5.74) is 1.68. The van der Waals surface area contributed by atoms with Crippen LogP contribution in [-0.2, 0) is 11.2 Å². The number of nitrogens with zero attached hydrogens (tertiary/aromatic N) is 3. The van der Waals surface area contributed by atoms with E-state index in [1.54, 1.807) is 0 Å². The standard InChI is InChI=1S/C25H36N4O/c1-25(2)15-6-9-22(19-25)28-17-13-21(14-18-28)29-23(12-16-26-29)27-24(30)11-10-20-7-4-3-5-8-20/h3-5,7-8,12,16,21-22H,6,9-11,13-15,17-19H2,1-2H3,(H,27,30)/t22-/m0/s1. The van der Waals surface area contributed by atoms with Gasteiger partial charge in [0.05, 0.1) is 12.2 Å². The average molecular weight is 409 g/mol. The summed E-state index contributed by atoms with van der Waals surface area (Å²) in [4.78, 5) is 15.2. The molecule has 1 aromatic heterocycles. The number of nitrogens with one attached hydrogen (secondary N) is 1. The largest absolute Gasteiger partial charge is 0.311 e. The number of aryl methyl sites for hydroxylation is 1. The van der Waals surface area contributed by atoms with Crippen molar-refractivity contribution in [2.75, 3.05) is 18.4 Å². The van der Waals surface area contributed by atoms with Gasteiger partial charge in [0.25, 0.3) is 0 Å². The van der Waals surface area contributed by atoms with E-state index in [-0.39, 0.29) is 5.91 Å². The Balaban J connectivity index is 1.29. The van der Waals surface area contributed by atoms with Gasteiger partial charge >= 0.3 is 0 Å². The molecule has 30 heavy (non-hydrogen) atoms. The minimum Gasteiger partial charge on any atom is -0.311 e. The number of amides is 1. The van der Waals surface area contributed by atoms with E-state index >= 15 is 0 Å². The Hall–Kier alpha value is -2.14. The lowest BCUT2D eigenvalue weighted by molar-refractivity contribution is -0.116. The Labute approximate surface area is 180 Å². The Bertz CT molecular complexity index is 821. The van der Waals surface area contributed by atoms with E-state index in [4.69, 9.17) is 0 Å². The Morgan fingerprint density at radius 2 is 1.87 bits per heavy atom. The predicted octanol–water partition coefficient (Wildman–Crippen LogP) is 5.06. The molecular weight excluding hydrogens is 372 g/mol. The highest BCUT2D eigenvalue weighted by molar-refractivity contribution is 5.89. The number of carbonyl (C=O) groups excluding carboxylic acids is 1. The molecule has 2 aliphatic rings. The van der Waals surface area contributed by atoms with E-state index in [0.717, 1.165) is 44.2 Å². The molecule has 1 aliphatic heterocycles. The van der Waals surface area contributed by atoms with E-state index in [2.05, 4.69) is 41.3 Å². The molecule has 0 bridgehead atoms. The first kappa shape index (κ1) is 21.1. The molecule has 2 heterocycles. The average Bonchev–Trinajstić information content (AvgIpc) is 3.20. The molecule has 2 fully saturated rings. The van der Waals surface area contributed by atoms with E-state index in [1.165, 1.54) is 31.2 Å². The highest BCUT2D eigenvalue weighted by Crippen LogP contribution is 2.38. The smallest absolute Gasteiger partial charge is 0.225 e. The van der Waals surface area contributed by atoms with Crippen LogP contribution in [0.4, 0.5) is 5.82 Å². The molecule has 5 heteroatoms. The van der Waals surface area contributed by atoms with Gasteiger partial charge in [-0.15, -0.1) is 0 Å². The molecule has 0 spiro atoms. The lowest BCUT2D eigenvalue weighted by Gasteiger charge is -2.44. The topological polar surface area (TPSA) is 50.2 Å². The maximum Gasteiger partial charge on any atom is 0.225 e. The molecule has 0 radical (unpaired) electrons. The minimum atomic E-state index is 0.0578. The van der Waals surface area contributed by atoms with Crippen molar-refractivity contribution >= 4 is 11.7 Å². The zero-order chi connectivity index (χ0) is 21.0. The number of piperidine rings is 1. The van der Waals surface area contributed by atoms with Gasteiger partial charge in [0.15, 0.2) is 0 Å². The summed E-state index contributed by atoms with van der Waals surface area (Å²) in [6, 6.07) is 13.2. The van der Waals surface area contributed by atoms with Crippen LogP contribution >= 0.6 is 0 Å². The second-order valence-corrected chi connectivity index (χ2v) is 9.88. The number of rotatable bonds is 6. The summed E-state index contributed by atoms with van der Waals surface area (Å²) < 4.78 is 2.04. The third-order valence-electron chi connectivity index (χ3n) is 6.96. The van der Waals surface area contributed by atoms with E-state index in [0.29, 0.717) is 17.9 Å². The fourth-order valence-electron chi connectivity index (χ4n) is 5.28. The van der Waals surface area contributed by atoms with Crippen LogP contribution in [0.5, 0.6) is 0 Å². The highest BCUT2D eigenvalue weighted by atomic mass is 16.1. The molecule has 1 N–H and O–H groups in total. The van der Waals surface area contributed by atoms with Crippen LogP contribution in [0.3, 0.4) is 0 Å². The molecule has 162 valence electrons.